The molecule has 3 aromatic heterocycles. The molecule has 1 atom stereocenters. The zero-order chi connectivity index (χ0) is 26.6. The number of rotatable bonds is 5. The van der Waals surface area contributed by atoms with E-state index in [2.05, 4.69) is 9.97 Å². The molecule has 5 rings (SSSR count). The summed E-state index contributed by atoms with van der Waals surface area (Å²) in [7, 11) is 0. The first-order valence-corrected chi connectivity index (χ1v) is 12.8. The number of benzene rings is 1. The van der Waals surface area contributed by atoms with E-state index in [9.17, 15) is 19.5 Å². The number of anilines is 1. The van der Waals surface area contributed by atoms with Crippen molar-refractivity contribution in [1.82, 2.24) is 14.4 Å². The zero-order valence-corrected chi connectivity index (χ0v) is 22.0. The molecule has 1 N–H and O–H groups in total. The summed E-state index contributed by atoms with van der Waals surface area (Å²) in [6, 6.07) is 10.4. The Morgan fingerprint density at radius 1 is 1.08 bits per heavy atom. The number of hydrogen-bond donors (Lipinski definition) is 1. The molecule has 0 radical (unpaired) electrons. The van der Waals surface area contributed by atoms with E-state index < -0.39 is 17.7 Å². The van der Waals surface area contributed by atoms with Gasteiger partial charge in [-0.05, 0) is 49.9 Å². The molecule has 37 heavy (non-hydrogen) atoms. The molecule has 1 unspecified atom stereocenters. The molecule has 4 heterocycles. The minimum absolute atomic E-state index is 0.0596. The summed E-state index contributed by atoms with van der Waals surface area (Å²) in [5.74, 6) is -2.15. The van der Waals surface area contributed by atoms with Crippen LogP contribution in [0.25, 0.3) is 11.4 Å². The molecule has 1 saturated heterocycles. The van der Waals surface area contributed by atoms with E-state index in [1.807, 2.05) is 60.8 Å². The van der Waals surface area contributed by atoms with E-state index in [0.29, 0.717) is 27.5 Å². The highest BCUT2D eigenvalue weighted by atomic mass is 32.1. The summed E-state index contributed by atoms with van der Waals surface area (Å²) < 4.78 is 1.84. The smallest absolute Gasteiger partial charge is 0.301 e. The van der Waals surface area contributed by atoms with Gasteiger partial charge in [0.05, 0.1) is 27.9 Å². The number of aliphatic hydroxyl groups is 1. The van der Waals surface area contributed by atoms with Crippen LogP contribution in [0.15, 0.2) is 48.2 Å². The predicted octanol–water partition coefficient (Wildman–Crippen LogP) is 5.11. The van der Waals surface area contributed by atoms with Gasteiger partial charge >= 0.3 is 5.91 Å². The summed E-state index contributed by atoms with van der Waals surface area (Å²) in [6.07, 6.45) is 2.66. The largest absolute Gasteiger partial charge is 0.505 e. The van der Waals surface area contributed by atoms with Gasteiger partial charge in [-0.3, -0.25) is 19.3 Å². The lowest BCUT2D eigenvalue weighted by Gasteiger charge is -2.23. The monoisotopic (exact) mass is 514 g/mol. The van der Waals surface area contributed by atoms with Gasteiger partial charge in [-0.2, -0.15) is 0 Å². The number of amides is 1. The molecule has 0 spiro atoms. The molecule has 1 fully saturated rings. The second-order valence-electron chi connectivity index (χ2n) is 9.16. The molecule has 9 heteroatoms. The van der Waals surface area contributed by atoms with Crippen LogP contribution in [0, 0.1) is 20.8 Å². The van der Waals surface area contributed by atoms with Crippen LogP contribution in [-0.2, 0) is 16.0 Å². The van der Waals surface area contributed by atoms with Crippen molar-refractivity contribution >= 4 is 45.3 Å². The fraction of sp³-hybridized carbons (Fsp3) is 0.250. The highest BCUT2D eigenvalue weighted by Gasteiger charge is 2.48. The van der Waals surface area contributed by atoms with Crippen LogP contribution >= 0.6 is 11.3 Å². The average Bonchev–Trinajstić information content (AvgIpc) is 3.51. The Kier molecular flexibility index (Phi) is 6.03. The van der Waals surface area contributed by atoms with Crippen LogP contribution in [0.4, 0.5) is 5.13 Å². The number of aromatic nitrogens is 3. The molecule has 1 aliphatic heterocycles. The lowest BCUT2D eigenvalue weighted by Crippen LogP contribution is -2.29. The molecule has 0 saturated carbocycles. The van der Waals surface area contributed by atoms with Crippen LogP contribution < -0.4 is 4.90 Å². The quantitative estimate of drug-likeness (QED) is 0.172. The molecule has 1 amide bonds. The van der Waals surface area contributed by atoms with Crippen molar-refractivity contribution in [3.63, 3.8) is 0 Å². The number of thiazole rings is 1. The molecular weight excluding hydrogens is 488 g/mol. The Morgan fingerprint density at radius 3 is 2.38 bits per heavy atom. The molecule has 0 bridgehead atoms. The first-order chi connectivity index (χ1) is 17.6. The maximum Gasteiger partial charge on any atom is 0.301 e. The van der Waals surface area contributed by atoms with Gasteiger partial charge in [0.1, 0.15) is 11.3 Å². The molecule has 1 aliphatic rings. The van der Waals surface area contributed by atoms with E-state index in [0.717, 1.165) is 28.9 Å². The third-order valence-electron chi connectivity index (χ3n) is 6.77. The minimum atomic E-state index is -0.929. The van der Waals surface area contributed by atoms with Gasteiger partial charge in [0.15, 0.2) is 16.7 Å². The van der Waals surface area contributed by atoms with Gasteiger partial charge in [0, 0.05) is 13.1 Å². The van der Waals surface area contributed by atoms with Crippen molar-refractivity contribution < 1.29 is 19.5 Å². The second kappa shape index (κ2) is 9.08. The van der Waals surface area contributed by atoms with Gasteiger partial charge in [-0.1, -0.05) is 48.6 Å². The first kappa shape index (κ1) is 24.6. The minimum Gasteiger partial charge on any atom is -0.505 e. The van der Waals surface area contributed by atoms with Crippen molar-refractivity contribution in [2.24, 2.45) is 0 Å². The van der Waals surface area contributed by atoms with Gasteiger partial charge in [0.2, 0.25) is 0 Å². The molecule has 0 aliphatic carbocycles. The maximum atomic E-state index is 13.5. The van der Waals surface area contributed by atoms with Gasteiger partial charge in [-0.25, -0.2) is 9.97 Å². The van der Waals surface area contributed by atoms with Crippen LogP contribution in [0.5, 0.6) is 0 Å². The number of hydrogen-bond acceptors (Lipinski definition) is 7. The molecule has 8 nitrogen and oxygen atoms in total. The van der Waals surface area contributed by atoms with Crippen LogP contribution in [0.3, 0.4) is 0 Å². The number of Topliss-reactive ketones (excluding diaryl/α,β-unsaturated/α-hetero) is 2. The lowest BCUT2D eigenvalue weighted by molar-refractivity contribution is -0.132. The SMILES string of the molecule is CCc1ccc(C2/C(=C(\O)c3nc4c(C)cccn4c3C)C(=O)C(=O)N2c2nc(C)c(C(C)=O)s2)cc1. The number of carbonyl (C=O) groups excluding carboxylic acids is 3. The van der Waals surface area contributed by atoms with Crippen molar-refractivity contribution in [3.05, 3.63) is 86.8 Å². The summed E-state index contributed by atoms with van der Waals surface area (Å²) >= 11 is 1.06. The summed E-state index contributed by atoms with van der Waals surface area (Å²) in [5, 5.41) is 11.8. The van der Waals surface area contributed by atoms with E-state index in [1.54, 1.807) is 13.8 Å². The summed E-state index contributed by atoms with van der Waals surface area (Å²) in [4.78, 5) is 49.9. The highest BCUT2D eigenvalue weighted by Crippen LogP contribution is 2.44. The van der Waals surface area contributed by atoms with Crippen LogP contribution in [0.1, 0.15) is 63.3 Å². The van der Waals surface area contributed by atoms with E-state index >= 15 is 0 Å². The number of fused-ring (bicyclic) bond motifs is 1. The predicted molar refractivity (Wildman–Crippen MR) is 142 cm³/mol. The maximum absolute atomic E-state index is 13.5. The zero-order valence-electron chi connectivity index (χ0n) is 21.2. The van der Waals surface area contributed by atoms with Crippen LogP contribution in [-0.4, -0.2) is 36.9 Å². The number of carbonyl (C=O) groups is 3. The third-order valence-corrected chi connectivity index (χ3v) is 8.03. The Bertz CT molecular complexity index is 1630. The summed E-state index contributed by atoms with van der Waals surface area (Å²) in [5.41, 5.74) is 4.61. The molecular formula is C28H26N4O4S. The number of aliphatic hydroxyl groups excluding tert-OH is 1. The average molecular weight is 515 g/mol. The third kappa shape index (κ3) is 3.86. The number of nitrogens with zero attached hydrogens (tertiary/aromatic N) is 4. The Balaban J connectivity index is 1.76. The van der Waals surface area contributed by atoms with Crippen molar-refractivity contribution in [2.75, 3.05) is 4.90 Å². The number of imidazole rings is 1. The first-order valence-electron chi connectivity index (χ1n) is 12.0. The molecule has 1 aromatic carbocycles. The fourth-order valence-corrected chi connectivity index (χ4v) is 5.76. The van der Waals surface area contributed by atoms with Crippen molar-refractivity contribution in [3.8, 4) is 0 Å². The Hall–Kier alpha value is -4.11. The number of aryl methyl sites for hydroxylation is 4. The van der Waals surface area contributed by atoms with Gasteiger partial charge < -0.3 is 9.51 Å². The number of ketones is 2. The Morgan fingerprint density at radius 2 is 1.78 bits per heavy atom. The van der Waals surface area contributed by atoms with Crippen molar-refractivity contribution in [2.45, 2.75) is 47.1 Å². The standard InChI is InChI=1S/C28H26N4O4S/c1-6-18-9-11-19(12-10-18)22-20(23(34)21-16(4)31-13-7-8-14(2)26(31)30-21)24(35)27(36)32(22)28-29-15(3)25(37-28)17(5)33/h7-13,22,34H,6H2,1-5H3/b23-20+. The van der Waals surface area contributed by atoms with E-state index in [4.69, 9.17) is 0 Å². The van der Waals surface area contributed by atoms with Gasteiger partial charge in [-0.15, -0.1) is 0 Å². The van der Waals surface area contributed by atoms with Crippen molar-refractivity contribution in [1.29, 1.82) is 0 Å². The Labute approximate surface area is 217 Å². The second-order valence-corrected chi connectivity index (χ2v) is 10.1. The van der Waals surface area contributed by atoms with Gasteiger partial charge in [0.25, 0.3) is 5.78 Å². The van der Waals surface area contributed by atoms with E-state index in [-0.39, 0.29) is 27.9 Å². The highest BCUT2D eigenvalue weighted by molar-refractivity contribution is 7.18. The lowest BCUT2D eigenvalue weighted by atomic mass is 9.95. The summed E-state index contributed by atoms with van der Waals surface area (Å²) in [6.45, 7) is 8.89. The van der Waals surface area contributed by atoms with E-state index in [1.165, 1.54) is 11.8 Å². The molecule has 188 valence electrons. The topological polar surface area (TPSA) is 105 Å². The fourth-order valence-electron chi connectivity index (χ4n) is 4.77. The normalized spacial score (nSPS) is 17.2. The number of pyridine rings is 1. The van der Waals surface area contributed by atoms with Crippen LogP contribution in [0.2, 0.25) is 0 Å². The molecule has 4 aromatic rings.